The number of ether oxygens (including phenoxy) is 1. The van der Waals surface area contributed by atoms with E-state index in [1.165, 1.54) is 13.0 Å². The highest BCUT2D eigenvalue weighted by molar-refractivity contribution is 4.89. The van der Waals surface area contributed by atoms with Crippen LogP contribution in [0.5, 0.6) is 0 Å². The summed E-state index contributed by atoms with van der Waals surface area (Å²) in [6.45, 7) is 11.0. The van der Waals surface area contributed by atoms with Crippen LogP contribution in [0.1, 0.15) is 27.2 Å². The Hall–Kier alpha value is -0.120. The lowest BCUT2D eigenvalue weighted by Gasteiger charge is -2.36. The second kappa shape index (κ2) is 3.80. The molecule has 2 heterocycles. The highest BCUT2D eigenvalue weighted by Crippen LogP contribution is 2.19. The van der Waals surface area contributed by atoms with Crippen LogP contribution in [-0.2, 0) is 4.74 Å². The molecule has 0 aromatic heterocycles. The Morgan fingerprint density at radius 1 is 1.21 bits per heavy atom. The zero-order valence-electron chi connectivity index (χ0n) is 9.55. The van der Waals surface area contributed by atoms with Gasteiger partial charge in [-0.05, 0) is 27.2 Å². The van der Waals surface area contributed by atoms with Gasteiger partial charge in [-0.2, -0.15) is 0 Å². The fraction of sp³-hybridized carbons (Fsp3) is 1.00. The van der Waals surface area contributed by atoms with Gasteiger partial charge in [-0.3, -0.25) is 4.90 Å². The van der Waals surface area contributed by atoms with Crippen LogP contribution >= 0.6 is 0 Å². The van der Waals surface area contributed by atoms with Crippen molar-refractivity contribution in [3.8, 4) is 0 Å². The topological polar surface area (TPSA) is 24.5 Å². The van der Waals surface area contributed by atoms with E-state index in [1.54, 1.807) is 0 Å². The van der Waals surface area contributed by atoms with Crippen LogP contribution in [0, 0.1) is 0 Å². The normalized spacial score (nSPS) is 35.4. The standard InChI is InChI=1S/C11H22N2O/c1-11(2,3)13-5-4-9-7-14-8-10(6-13)12-9/h9-10,12H,4-8H2,1-3H3. The molecule has 3 nitrogen and oxygen atoms in total. The number of fused-ring (bicyclic) bond motifs is 2. The molecule has 0 amide bonds. The van der Waals surface area contributed by atoms with Crippen molar-refractivity contribution in [1.82, 2.24) is 10.2 Å². The van der Waals surface area contributed by atoms with E-state index in [0.717, 1.165) is 19.8 Å². The van der Waals surface area contributed by atoms with Gasteiger partial charge in [0.2, 0.25) is 0 Å². The van der Waals surface area contributed by atoms with Crippen molar-refractivity contribution in [2.45, 2.75) is 44.8 Å². The van der Waals surface area contributed by atoms with E-state index >= 15 is 0 Å². The van der Waals surface area contributed by atoms with Crippen molar-refractivity contribution >= 4 is 0 Å². The first-order valence-electron chi connectivity index (χ1n) is 5.64. The molecule has 14 heavy (non-hydrogen) atoms. The molecule has 0 aromatic rings. The van der Waals surface area contributed by atoms with Gasteiger partial charge in [0.15, 0.2) is 0 Å². The van der Waals surface area contributed by atoms with E-state index < -0.39 is 0 Å². The van der Waals surface area contributed by atoms with Gasteiger partial charge in [-0.25, -0.2) is 0 Å². The van der Waals surface area contributed by atoms with Gasteiger partial charge in [-0.1, -0.05) is 0 Å². The minimum Gasteiger partial charge on any atom is -0.378 e. The summed E-state index contributed by atoms with van der Waals surface area (Å²) in [5.74, 6) is 0. The van der Waals surface area contributed by atoms with Crippen molar-refractivity contribution in [3.63, 3.8) is 0 Å². The molecule has 82 valence electrons. The fourth-order valence-corrected chi connectivity index (χ4v) is 2.33. The van der Waals surface area contributed by atoms with Crippen LogP contribution in [0.3, 0.4) is 0 Å². The molecule has 2 unspecified atom stereocenters. The average molecular weight is 198 g/mol. The first-order valence-corrected chi connectivity index (χ1v) is 5.64. The Kier molecular flexibility index (Phi) is 2.82. The summed E-state index contributed by atoms with van der Waals surface area (Å²) in [7, 11) is 0. The van der Waals surface area contributed by atoms with Crippen molar-refractivity contribution in [1.29, 1.82) is 0 Å². The molecule has 0 aliphatic carbocycles. The van der Waals surface area contributed by atoms with Crippen LogP contribution in [-0.4, -0.2) is 48.8 Å². The van der Waals surface area contributed by atoms with Gasteiger partial charge < -0.3 is 10.1 Å². The molecule has 3 heteroatoms. The molecule has 0 saturated carbocycles. The summed E-state index contributed by atoms with van der Waals surface area (Å²) < 4.78 is 5.59. The molecule has 0 spiro atoms. The monoisotopic (exact) mass is 198 g/mol. The Labute approximate surface area is 86.8 Å². The smallest absolute Gasteiger partial charge is 0.0633 e. The van der Waals surface area contributed by atoms with E-state index in [2.05, 4.69) is 31.0 Å². The van der Waals surface area contributed by atoms with E-state index in [9.17, 15) is 0 Å². The molecule has 2 rings (SSSR count). The minimum absolute atomic E-state index is 0.291. The Bertz CT molecular complexity index is 200. The van der Waals surface area contributed by atoms with Gasteiger partial charge in [0.05, 0.1) is 13.2 Å². The van der Waals surface area contributed by atoms with Crippen molar-refractivity contribution in [3.05, 3.63) is 0 Å². The lowest BCUT2D eigenvalue weighted by molar-refractivity contribution is 0.0428. The summed E-state index contributed by atoms with van der Waals surface area (Å²) in [5, 5.41) is 3.65. The summed E-state index contributed by atoms with van der Waals surface area (Å²) in [5.41, 5.74) is 0.291. The number of nitrogens with one attached hydrogen (secondary N) is 1. The van der Waals surface area contributed by atoms with E-state index in [-0.39, 0.29) is 0 Å². The second-order valence-electron chi connectivity index (χ2n) is 5.50. The molecule has 2 fully saturated rings. The number of nitrogens with zero attached hydrogens (tertiary/aromatic N) is 1. The third kappa shape index (κ3) is 2.27. The summed E-state index contributed by atoms with van der Waals surface area (Å²) in [6.07, 6.45) is 1.22. The molecule has 0 radical (unpaired) electrons. The zero-order valence-corrected chi connectivity index (χ0v) is 9.55. The second-order valence-corrected chi connectivity index (χ2v) is 5.50. The molecule has 2 aliphatic rings. The van der Waals surface area contributed by atoms with Gasteiger partial charge >= 0.3 is 0 Å². The SMILES string of the molecule is CC(C)(C)N1CCC2COCC(C1)N2. The van der Waals surface area contributed by atoms with Crippen LogP contribution < -0.4 is 5.32 Å². The highest BCUT2D eigenvalue weighted by Gasteiger charge is 2.31. The largest absolute Gasteiger partial charge is 0.378 e. The number of rotatable bonds is 0. The van der Waals surface area contributed by atoms with Crippen molar-refractivity contribution in [2.24, 2.45) is 0 Å². The predicted molar refractivity (Wildman–Crippen MR) is 57.5 cm³/mol. The average Bonchev–Trinajstić information content (AvgIpc) is 2.24. The molecule has 0 aromatic carbocycles. The van der Waals surface area contributed by atoms with E-state index in [0.29, 0.717) is 17.6 Å². The van der Waals surface area contributed by atoms with Gasteiger partial charge in [0.1, 0.15) is 0 Å². The van der Waals surface area contributed by atoms with E-state index in [4.69, 9.17) is 4.74 Å². The maximum Gasteiger partial charge on any atom is 0.0633 e. The van der Waals surface area contributed by atoms with Gasteiger partial charge in [0, 0.05) is 30.7 Å². The molecule has 2 saturated heterocycles. The fourth-order valence-electron chi connectivity index (χ4n) is 2.33. The quantitative estimate of drug-likeness (QED) is 0.624. The number of morpholine rings is 1. The minimum atomic E-state index is 0.291. The molecule has 2 bridgehead atoms. The predicted octanol–water partition coefficient (Wildman–Crippen LogP) is 0.848. The maximum atomic E-state index is 5.59. The van der Waals surface area contributed by atoms with Crippen LogP contribution in [0.2, 0.25) is 0 Å². The Morgan fingerprint density at radius 3 is 2.64 bits per heavy atom. The van der Waals surface area contributed by atoms with Crippen molar-refractivity contribution in [2.75, 3.05) is 26.3 Å². The molecular weight excluding hydrogens is 176 g/mol. The number of hydrogen-bond acceptors (Lipinski definition) is 3. The maximum absolute atomic E-state index is 5.59. The first-order chi connectivity index (χ1) is 6.55. The van der Waals surface area contributed by atoms with Crippen LogP contribution in [0.15, 0.2) is 0 Å². The zero-order chi connectivity index (χ0) is 10.2. The van der Waals surface area contributed by atoms with E-state index in [1.807, 2.05) is 0 Å². The Balaban J connectivity index is 2.02. The summed E-state index contributed by atoms with van der Waals surface area (Å²) in [6, 6.07) is 1.12. The molecule has 1 N–H and O–H groups in total. The third-order valence-electron chi connectivity index (χ3n) is 3.25. The highest BCUT2D eigenvalue weighted by atomic mass is 16.5. The molecule has 2 aliphatic heterocycles. The summed E-state index contributed by atoms with van der Waals surface area (Å²) >= 11 is 0. The lowest BCUT2D eigenvalue weighted by atomic mass is 10.1. The lowest BCUT2D eigenvalue weighted by Crippen LogP contribution is -2.52. The van der Waals surface area contributed by atoms with Crippen molar-refractivity contribution < 1.29 is 4.74 Å². The van der Waals surface area contributed by atoms with Crippen LogP contribution in [0.4, 0.5) is 0 Å². The third-order valence-corrected chi connectivity index (χ3v) is 3.25. The molecule has 2 atom stereocenters. The number of hydrogen-bond donors (Lipinski definition) is 1. The molecular formula is C11H22N2O. The Morgan fingerprint density at radius 2 is 1.93 bits per heavy atom. The van der Waals surface area contributed by atoms with Crippen LogP contribution in [0.25, 0.3) is 0 Å². The van der Waals surface area contributed by atoms with Gasteiger partial charge in [0.25, 0.3) is 0 Å². The van der Waals surface area contributed by atoms with Gasteiger partial charge in [-0.15, -0.1) is 0 Å². The first kappa shape index (κ1) is 10.4. The summed E-state index contributed by atoms with van der Waals surface area (Å²) in [4.78, 5) is 2.57.